The van der Waals surface area contributed by atoms with Crippen molar-refractivity contribution in [2.45, 2.75) is 44.6 Å². The Balaban J connectivity index is 1.53. The van der Waals surface area contributed by atoms with Crippen molar-refractivity contribution in [3.05, 3.63) is 35.2 Å². The van der Waals surface area contributed by atoms with Crippen LogP contribution in [0, 0.1) is 23.5 Å². The molecule has 170 valence electrons. The fourth-order valence-corrected chi connectivity index (χ4v) is 6.44. The molecule has 9 heteroatoms. The third kappa shape index (κ3) is 2.75. The molecule has 7 rings (SSSR count). The van der Waals surface area contributed by atoms with Crippen molar-refractivity contribution in [1.29, 1.82) is 0 Å². The first-order valence-electron chi connectivity index (χ1n) is 11.6. The maximum Gasteiger partial charge on any atom is 0.181 e. The molecule has 4 aromatic rings. The first-order chi connectivity index (χ1) is 15.9. The number of nitrogen functional groups attached to an aromatic ring is 1. The molecule has 1 aliphatic heterocycles. The smallest absolute Gasteiger partial charge is 0.181 e. The van der Waals surface area contributed by atoms with Crippen LogP contribution in [0.5, 0.6) is 0 Å². The predicted octanol–water partition coefficient (Wildman–Crippen LogP) is 4.96. The fourth-order valence-electron chi connectivity index (χ4n) is 5.67. The summed E-state index contributed by atoms with van der Waals surface area (Å²) in [6.45, 7) is 6.16. The number of anilines is 1. The van der Waals surface area contributed by atoms with E-state index in [1.165, 1.54) is 6.07 Å². The lowest BCUT2D eigenvalue weighted by Gasteiger charge is -2.14. The average molecular weight is 467 g/mol. The number of thiazole rings is 1. The fraction of sp³-hybridized carbons (Fsp3) is 0.458. The van der Waals surface area contributed by atoms with Gasteiger partial charge in [-0.05, 0) is 55.8 Å². The summed E-state index contributed by atoms with van der Waals surface area (Å²) in [5.41, 5.74) is 9.31. The number of nitrogens with zero attached hydrogens (tertiary/aromatic N) is 4. The van der Waals surface area contributed by atoms with Gasteiger partial charge in [0.2, 0.25) is 0 Å². The number of hydrogen-bond donors (Lipinski definition) is 2. The van der Waals surface area contributed by atoms with Crippen molar-refractivity contribution < 1.29 is 8.78 Å². The largest absolute Gasteiger partial charge is 0.375 e. The molecule has 2 aliphatic carbocycles. The second-order valence-corrected chi connectivity index (χ2v) is 11.0. The molecule has 3 fully saturated rings. The molecular formula is C24H24F2N6S. The molecule has 3 aliphatic rings. The van der Waals surface area contributed by atoms with Gasteiger partial charge in [0, 0.05) is 16.9 Å². The number of nitrogens with one attached hydrogen (secondary N) is 1. The van der Waals surface area contributed by atoms with E-state index in [9.17, 15) is 4.39 Å². The van der Waals surface area contributed by atoms with Crippen LogP contribution in [-0.2, 0) is 0 Å². The van der Waals surface area contributed by atoms with Gasteiger partial charge in [-0.25, -0.2) is 18.7 Å². The van der Waals surface area contributed by atoms with Gasteiger partial charge >= 0.3 is 0 Å². The van der Waals surface area contributed by atoms with E-state index in [1.54, 1.807) is 6.07 Å². The molecule has 33 heavy (non-hydrogen) atoms. The lowest BCUT2D eigenvalue weighted by atomic mass is 9.98. The third-order valence-electron chi connectivity index (χ3n) is 7.46. The number of nitrogens with two attached hydrogens (primary N) is 1. The Morgan fingerprint density at radius 2 is 1.91 bits per heavy atom. The van der Waals surface area contributed by atoms with Crippen molar-refractivity contribution in [1.82, 2.24) is 25.1 Å². The molecule has 3 aromatic heterocycles. The lowest BCUT2D eigenvalue weighted by Crippen LogP contribution is -2.14. The maximum absolute atomic E-state index is 16.4. The topological polar surface area (TPSA) is 81.7 Å². The second-order valence-electron chi connectivity index (χ2n) is 9.94. The number of pyridine rings is 1. The summed E-state index contributed by atoms with van der Waals surface area (Å²) >= 11 is 1.07. The molecule has 1 saturated heterocycles. The molecular weight excluding hydrogens is 442 g/mol. The van der Waals surface area contributed by atoms with Gasteiger partial charge in [0.25, 0.3) is 0 Å². The highest BCUT2D eigenvalue weighted by atomic mass is 32.1. The van der Waals surface area contributed by atoms with Crippen molar-refractivity contribution in [2.24, 2.45) is 11.8 Å². The number of fused-ring (bicyclic) bond motifs is 3. The number of benzene rings is 1. The molecule has 0 spiro atoms. The third-order valence-corrected chi connectivity index (χ3v) is 8.35. The van der Waals surface area contributed by atoms with E-state index < -0.39 is 11.6 Å². The maximum atomic E-state index is 16.4. The van der Waals surface area contributed by atoms with E-state index >= 15 is 4.39 Å². The Kier molecular flexibility index (Phi) is 4.02. The van der Waals surface area contributed by atoms with Crippen molar-refractivity contribution in [3.8, 4) is 11.3 Å². The van der Waals surface area contributed by atoms with Crippen molar-refractivity contribution >= 4 is 37.6 Å². The van der Waals surface area contributed by atoms with Gasteiger partial charge in [0.1, 0.15) is 17.0 Å². The summed E-state index contributed by atoms with van der Waals surface area (Å²) in [5.74, 6) is 0.794. The van der Waals surface area contributed by atoms with Gasteiger partial charge in [-0.1, -0.05) is 25.2 Å². The van der Waals surface area contributed by atoms with E-state index in [-0.39, 0.29) is 22.8 Å². The highest BCUT2D eigenvalue weighted by Gasteiger charge is 2.56. The van der Waals surface area contributed by atoms with Gasteiger partial charge in [-0.3, -0.25) is 4.68 Å². The monoisotopic (exact) mass is 466 g/mol. The molecule has 6 nitrogen and oxygen atoms in total. The van der Waals surface area contributed by atoms with Crippen LogP contribution in [0.3, 0.4) is 0 Å². The zero-order chi connectivity index (χ0) is 22.6. The summed E-state index contributed by atoms with van der Waals surface area (Å²) in [7, 11) is 0. The molecule has 0 bridgehead atoms. The molecule has 1 aromatic carbocycles. The van der Waals surface area contributed by atoms with Crippen molar-refractivity contribution in [3.63, 3.8) is 0 Å². The Morgan fingerprint density at radius 1 is 1.15 bits per heavy atom. The number of aromatic nitrogens is 4. The summed E-state index contributed by atoms with van der Waals surface area (Å²) in [6, 6.07) is 3.14. The lowest BCUT2D eigenvalue weighted by molar-refractivity contribution is 0.593. The number of hydrogen-bond acceptors (Lipinski definition) is 6. The summed E-state index contributed by atoms with van der Waals surface area (Å²) in [4.78, 5) is 9.19. The van der Waals surface area contributed by atoms with E-state index in [2.05, 4.69) is 24.1 Å². The quantitative estimate of drug-likeness (QED) is 0.444. The first kappa shape index (κ1) is 19.8. The number of rotatable bonds is 4. The average Bonchev–Trinajstić information content (AvgIpc) is 3.58. The van der Waals surface area contributed by atoms with Gasteiger partial charge in [0.05, 0.1) is 27.6 Å². The van der Waals surface area contributed by atoms with Gasteiger partial charge in [-0.2, -0.15) is 5.10 Å². The Morgan fingerprint density at radius 3 is 2.61 bits per heavy atom. The van der Waals surface area contributed by atoms with Crippen molar-refractivity contribution in [2.75, 3.05) is 18.8 Å². The van der Waals surface area contributed by atoms with Crippen LogP contribution in [-0.4, -0.2) is 32.8 Å². The van der Waals surface area contributed by atoms with E-state index in [0.717, 1.165) is 54.0 Å². The zero-order valence-electron chi connectivity index (χ0n) is 18.4. The molecule has 0 amide bonds. The minimum absolute atomic E-state index is 0.0793. The SMILES string of the molecule is CC(C)c1nc(-c2ccc(F)c3sc(N)nc23)c(F)c2c1c(C1[C@H]3CNC[C@@H]13)nn2C1CC1. The minimum atomic E-state index is -0.410. The van der Waals surface area contributed by atoms with Gasteiger partial charge in [0.15, 0.2) is 10.9 Å². The minimum Gasteiger partial charge on any atom is -0.375 e. The Labute approximate surface area is 193 Å². The van der Waals surface area contributed by atoms with Crippen LogP contribution in [0.15, 0.2) is 12.1 Å². The van der Waals surface area contributed by atoms with Crippen LogP contribution >= 0.6 is 11.3 Å². The Bertz CT molecular complexity index is 1440. The molecule has 4 heterocycles. The van der Waals surface area contributed by atoms with E-state index in [0.29, 0.717) is 39.1 Å². The highest BCUT2D eigenvalue weighted by Crippen LogP contribution is 2.58. The van der Waals surface area contributed by atoms with Crippen LogP contribution in [0.4, 0.5) is 13.9 Å². The predicted molar refractivity (Wildman–Crippen MR) is 125 cm³/mol. The second kappa shape index (κ2) is 6.70. The van der Waals surface area contributed by atoms with Crippen LogP contribution < -0.4 is 11.1 Å². The molecule has 0 radical (unpaired) electrons. The number of halogens is 2. The van der Waals surface area contributed by atoms with Crippen LogP contribution in [0.1, 0.15) is 56.0 Å². The molecule has 3 N–H and O–H groups in total. The first-order valence-corrected chi connectivity index (χ1v) is 12.4. The summed E-state index contributed by atoms with van der Waals surface area (Å²) < 4.78 is 33.0. The summed E-state index contributed by atoms with van der Waals surface area (Å²) in [6.07, 6.45) is 2.01. The van der Waals surface area contributed by atoms with Gasteiger partial charge in [-0.15, -0.1) is 0 Å². The summed E-state index contributed by atoms with van der Waals surface area (Å²) in [5, 5.41) is 9.61. The normalized spacial score (nSPS) is 24.3. The standard InChI is InChI=1S/C24H24F2N6S/c1-9(2)18-16-21(15-12-7-28-8-13(12)15)31-32(10-3-4-10)22(16)17(26)19(29-18)11-5-6-14(25)23-20(11)30-24(27)33-23/h5-6,9-10,12-13,15,28H,3-4,7-8H2,1-2H3,(H2,27,30)/t12-,13+,15?. The van der Waals surface area contributed by atoms with Crippen LogP contribution in [0.2, 0.25) is 0 Å². The molecule has 1 unspecified atom stereocenters. The van der Waals surface area contributed by atoms with E-state index in [1.807, 2.05) is 4.68 Å². The van der Waals surface area contributed by atoms with Crippen LogP contribution in [0.25, 0.3) is 32.4 Å². The highest BCUT2D eigenvalue weighted by molar-refractivity contribution is 7.22. The molecule has 2 saturated carbocycles. The van der Waals surface area contributed by atoms with Gasteiger partial charge < -0.3 is 11.1 Å². The molecule has 3 atom stereocenters. The number of piperidine rings is 1. The Hall–Kier alpha value is -2.65. The zero-order valence-corrected chi connectivity index (χ0v) is 19.2. The van der Waals surface area contributed by atoms with E-state index in [4.69, 9.17) is 15.8 Å².